The molecule has 0 saturated heterocycles. The molecule has 1 atom stereocenters. The summed E-state index contributed by atoms with van der Waals surface area (Å²) in [5.74, 6) is 0.344. The monoisotopic (exact) mass is 379 g/mol. The van der Waals surface area contributed by atoms with Crippen LogP contribution in [0.1, 0.15) is 55.8 Å². The molecular formula is C24H26FNO2. The Bertz CT molecular complexity index is 899. The van der Waals surface area contributed by atoms with Crippen LogP contribution in [0.2, 0.25) is 0 Å². The fraction of sp³-hybridized carbons (Fsp3) is 0.417. The van der Waals surface area contributed by atoms with Gasteiger partial charge < -0.3 is 4.90 Å². The molecule has 2 aromatic carbocycles. The highest BCUT2D eigenvalue weighted by Gasteiger charge is 2.48. The molecule has 1 aliphatic carbocycles. The fourth-order valence-electron chi connectivity index (χ4n) is 5.06. The molecule has 0 aromatic heterocycles. The standard InChI is InChI=1S/C24H26FNO2/c1-16-13-24(14-16,17(2)27)15-22(28)26-12-11-18-5-3-4-6-21(18)23(26)19-7-9-20(25)10-8-19/h3-10,16,23H,11-15H2,1-2H3/t16?,23-,24?/m0/s1. The summed E-state index contributed by atoms with van der Waals surface area (Å²) in [6, 6.07) is 14.3. The Morgan fingerprint density at radius 1 is 1.11 bits per heavy atom. The summed E-state index contributed by atoms with van der Waals surface area (Å²) in [4.78, 5) is 27.6. The Labute approximate surface area is 165 Å². The summed E-state index contributed by atoms with van der Waals surface area (Å²) in [7, 11) is 0. The van der Waals surface area contributed by atoms with Gasteiger partial charge in [0.2, 0.25) is 5.91 Å². The van der Waals surface area contributed by atoms with Crippen LogP contribution in [0.25, 0.3) is 0 Å². The highest BCUT2D eigenvalue weighted by molar-refractivity contribution is 5.90. The van der Waals surface area contributed by atoms with E-state index in [2.05, 4.69) is 19.1 Å². The van der Waals surface area contributed by atoms with Gasteiger partial charge >= 0.3 is 0 Å². The first-order valence-electron chi connectivity index (χ1n) is 10.0. The zero-order valence-corrected chi connectivity index (χ0v) is 16.5. The second-order valence-corrected chi connectivity index (χ2v) is 8.52. The third-order valence-corrected chi connectivity index (χ3v) is 6.50. The molecule has 1 aliphatic heterocycles. The Hall–Kier alpha value is -2.49. The van der Waals surface area contributed by atoms with Crippen LogP contribution < -0.4 is 0 Å². The Balaban J connectivity index is 1.68. The van der Waals surface area contributed by atoms with Crippen LogP contribution in [-0.2, 0) is 16.0 Å². The van der Waals surface area contributed by atoms with Gasteiger partial charge in [0.05, 0.1) is 6.04 Å². The first kappa shape index (κ1) is 18.9. The number of rotatable bonds is 4. The molecule has 0 unspecified atom stereocenters. The zero-order chi connectivity index (χ0) is 19.9. The van der Waals surface area contributed by atoms with Gasteiger partial charge in [-0.15, -0.1) is 0 Å². The number of carbonyl (C=O) groups excluding carboxylic acids is 2. The topological polar surface area (TPSA) is 37.4 Å². The van der Waals surface area contributed by atoms with Crippen molar-refractivity contribution in [1.29, 1.82) is 0 Å². The average Bonchev–Trinajstić information content (AvgIpc) is 2.66. The number of amides is 1. The average molecular weight is 379 g/mol. The quantitative estimate of drug-likeness (QED) is 0.772. The van der Waals surface area contributed by atoms with Crippen molar-refractivity contribution in [2.24, 2.45) is 11.3 Å². The Kier molecular flexibility index (Phi) is 4.82. The summed E-state index contributed by atoms with van der Waals surface area (Å²) in [5.41, 5.74) is 2.72. The SMILES string of the molecule is CC(=O)C1(CC(=O)N2CCc3ccccc3[C@@H]2c2ccc(F)cc2)CC(C)C1. The molecule has 0 spiro atoms. The van der Waals surface area contributed by atoms with E-state index in [9.17, 15) is 14.0 Å². The van der Waals surface area contributed by atoms with E-state index in [1.165, 1.54) is 17.7 Å². The van der Waals surface area contributed by atoms with E-state index in [-0.39, 0.29) is 30.0 Å². The van der Waals surface area contributed by atoms with Gasteiger partial charge in [0.1, 0.15) is 11.6 Å². The largest absolute Gasteiger partial charge is 0.331 e. The van der Waals surface area contributed by atoms with E-state index in [4.69, 9.17) is 0 Å². The van der Waals surface area contributed by atoms with Gasteiger partial charge in [-0.25, -0.2) is 4.39 Å². The number of carbonyl (C=O) groups is 2. The lowest BCUT2D eigenvalue weighted by molar-refractivity contribution is -0.147. The number of halogens is 1. The van der Waals surface area contributed by atoms with Crippen LogP contribution in [0.5, 0.6) is 0 Å². The molecule has 0 N–H and O–H groups in total. The van der Waals surface area contributed by atoms with E-state index >= 15 is 0 Å². The number of benzene rings is 2. The van der Waals surface area contributed by atoms with Crippen LogP contribution >= 0.6 is 0 Å². The van der Waals surface area contributed by atoms with Gasteiger partial charge in [0.15, 0.2) is 0 Å². The van der Waals surface area contributed by atoms with Gasteiger partial charge in [-0.05, 0) is 60.9 Å². The van der Waals surface area contributed by atoms with Crippen molar-refractivity contribution in [2.45, 2.75) is 45.6 Å². The number of ketones is 1. The number of hydrogen-bond donors (Lipinski definition) is 0. The van der Waals surface area contributed by atoms with Crippen molar-refractivity contribution < 1.29 is 14.0 Å². The number of hydrogen-bond acceptors (Lipinski definition) is 2. The second kappa shape index (κ2) is 7.16. The zero-order valence-electron chi connectivity index (χ0n) is 16.5. The van der Waals surface area contributed by atoms with E-state index < -0.39 is 5.41 Å². The lowest BCUT2D eigenvalue weighted by Crippen LogP contribution is -2.48. The minimum Gasteiger partial charge on any atom is -0.331 e. The molecule has 4 heteroatoms. The predicted molar refractivity (Wildman–Crippen MR) is 106 cm³/mol. The number of Topliss-reactive ketones (excluding diaryl/α,β-unsaturated/α-hetero) is 1. The van der Waals surface area contributed by atoms with Crippen LogP contribution in [0.3, 0.4) is 0 Å². The summed E-state index contributed by atoms with van der Waals surface area (Å²) in [5, 5.41) is 0. The van der Waals surface area contributed by atoms with Crippen molar-refractivity contribution >= 4 is 11.7 Å². The molecule has 3 nitrogen and oxygen atoms in total. The normalized spacial score (nSPS) is 26.3. The van der Waals surface area contributed by atoms with Gasteiger partial charge in [-0.1, -0.05) is 43.3 Å². The Morgan fingerprint density at radius 2 is 1.79 bits per heavy atom. The van der Waals surface area contributed by atoms with Crippen molar-refractivity contribution in [3.05, 3.63) is 71.0 Å². The number of nitrogens with zero attached hydrogens (tertiary/aromatic N) is 1. The van der Waals surface area contributed by atoms with Crippen molar-refractivity contribution in [1.82, 2.24) is 4.90 Å². The predicted octanol–water partition coefficient (Wildman–Crippen LogP) is 4.70. The highest BCUT2D eigenvalue weighted by Crippen LogP contribution is 2.49. The lowest BCUT2D eigenvalue weighted by atomic mass is 9.59. The van der Waals surface area contributed by atoms with Crippen LogP contribution in [-0.4, -0.2) is 23.1 Å². The maximum Gasteiger partial charge on any atom is 0.224 e. The third-order valence-electron chi connectivity index (χ3n) is 6.50. The van der Waals surface area contributed by atoms with Crippen LogP contribution in [0, 0.1) is 17.2 Å². The number of fused-ring (bicyclic) bond motifs is 1. The molecule has 1 amide bonds. The first-order valence-corrected chi connectivity index (χ1v) is 10.0. The molecule has 1 heterocycles. The maximum absolute atomic E-state index is 13.5. The van der Waals surface area contributed by atoms with Gasteiger partial charge in [0.25, 0.3) is 0 Å². The minimum absolute atomic E-state index is 0.0194. The summed E-state index contributed by atoms with van der Waals surface area (Å²) < 4.78 is 13.5. The second-order valence-electron chi connectivity index (χ2n) is 8.52. The van der Waals surface area contributed by atoms with Gasteiger partial charge in [-0.3, -0.25) is 9.59 Å². The highest BCUT2D eigenvalue weighted by atomic mass is 19.1. The molecule has 2 aliphatic rings. The van der Waals surface area contributed by atoms with E-state index in [1.807, 2.05) is 17.0 Å². The van der Waals surface area contributed by atoms with Crippen molar-refractivity contribution in [3.63, 3.8) is 0 Å². The smallest absolute Gasteiger partial charge is 0.224 e. The van der Waals surface area contributed by atoms with Crippen LogP contribution in [0.15, 0.2) is 48.5 Å². The third kappa shape index (κ3) is 3.25. The summed E-state index contributed by atoms with van der Waals surface area (Å²) in [6.45, 7) is 4.35. The minimum atomic E-state index is -0.499. The summed E-state index contributed by atoms with van der Waals surface area (Å²) in [6.07, 6.45) is 2.65. The van der Waals surface area contributed by atoms with Crippen molar-refractivity contribution in [3.8, 4) is 0 Å². The molecule has 2 aromatic rings. The molecule has 4 rings (SSSR count). The van der Waals surface area contributed by atoms with Crippen LogP contribution in [0.4, 0.5) is 4.39 Å². The van der Waals surface area contributed by atoms with E-state index in [1.54, 1.807) is 19.1 Å². The Morgan fingerprint density at radius 3 is 2.43 bits per heavy atom. The molecule has 0 radical (unpaired) electrons. The van der Waals surface area contributed by atoms with Crippen molar-refractivity contribution in [2.75, 3.05) is 6.54 Å². The molecule has 0 bridgehead atoms. The van der Waals surface area contributed by atoms with E-state index in [0.717, 1.165) is 30.4 Å². The maximum atomic E-state index is 13.5. The van der Waals surface area contributed by atoms with Gasteiger partial charge in [-0.2, -0.15) is 0 Å². The molecule has 28 heavy (non-hydrogen) atoms. The molecule has 146 valence electrons. The fourth-order valence-corrected chi connectivity index (χ4v) is 5.06. The molecular weight excluding hydrogens is 353 g/mol. The molecule has 1 fully saturated rings. The molecule has 1 saturated carbocycles. The van der Waals surface area contributed by atoms with Gasteiger partial charge in [0, 0.05) is 18.4 Å². The summed E-state index contributed by atoms with van der Waals surface area (Å²) >= 11 is 0. The lowest BCUT2D eigenvalue weighted by Gasteiger charge is -2.46. The first-order chi connectivity index (χ1) is 13.4. The van der Waals surface area contributed by atoms with E-state index in [0.29, 0.717) is 12.5 Å².